The zero-order valence-corrected chi connectivity index (χ0v) is 8.44. The molecular weight excluding hydrogens is 178 g/mol. The van der Waals surface area contributed by atoms with Gasteiger partial charge in [0.1, 0.15) is 6.10 Å². The van der Waals surface area contributed by atoms with Gasteiger partial charge in [0.25, 0.3) is 0 Å². The van der Waals surface area contributed by atoms with Crippen LogP contribution in [0, 0.1) is 5.92 Å². The van der Waals surface area contributed by atoms with Crippen LogP contribution in [0.3, 0.4) is 0 Å². The number of anilines is 1. The largest absolute Gasteiger partial charge is 0.300 e. The van der Waals surface area contributed by atoms with Gasteiger partial charge in [0, 0.05) is 0 Å². The Morgan fingerprint density at radius 2 is 1.93 bits per heavy atom. The first-order valence-electron chi connectivity index (χ1n) is 4.66. The minimum atomic E-state index is -0.407. The number of carbonyl (C=O) groups excluding carboxylic acids is 1. The second-order valence-corrected chi connectivity index (χ2v) is 3.43. The molecule has 0 aliphatic carbocycles. The maximum absolute atomic E-state index is 10.6. The maximum atomic E-state index is 10.6. The number of nitrogens with one attached hydrogen (secondary N) is 1. The van der Waals surface area contributed by atoms with Gasteiger partial charge in [0.15, 0.2) is 6.29 Å². The monoisotopic (exact) mass is 193 g/mol. The van der Waals surface area contributed by atoms with Crippen molar-refractivity contribution in [2.45, 2.75) is 20.0 Å². The molecule has 1 aromatic carbocycles. The van der Waals surface area contributed by atoms with Crippen LogP contribution >= 0.6 is 0 Å². The Morgan fingerprint density at radius 3 is 2.43 bits per heavy atom. The summed E-state index contributed by atoms with van der Waals surface area (Å²) in [6.45, 7) is 3.87. The van der Waals surface area contributed by atoms with Gasteiger partial charge < -0.3 is 4.79 Å². The van der Waals surface area contributed by atoms with E-state index in [1.54, 1.807) is 0 Å². The van der Waals surface area contributed by atoms with Crippen molar-refractivity contribution in [3.63, 3.8) is 0 Å². The molecule has 0 unspecified atom stereocenters. The minimum Gasteiger partial charge on any atom is -0.300 e. The lowest BCUT2D eigenvalue weighted by Gasteiger charge is -2.15. The van der Waals surface area contributed by atoms with Crippen LogP contribution in [0.25, 0.3) is 0 Å². The van der Waals surface area contributed by atoms with Crippen LogP contribution in [0.1, 0.15) is 13.8 Å². The van der Waals surface area contributed by atoms with Gasteiger partial charge in [-0.3, -0.25) is 10.3 Å². The number of carbonyl (C=O) groups is 1. The molecule has 0 aromatic heterocycles. The van der Waals surface area contributed by atoms with Gasteiger partial charge in [-0.25, -0.2) is 0 Å². The minimum absolute atomic E-state index is 0.170. The number of aldehydes is 1. The normalized spacial score (nSPS) is 12.5. The molecule has 0 saturated carbocycles. The summed E-state index contributed by atoms with van der Waals surface area (Å²) in [4.78, 5) is 15.8. The van der Waals surface area contributed by atoms with Gasteiger partial charge >= 0.3 is 0 Å². The fourth-order valence-corrected chi connectivity index (χ4v) is 0.963. The average Bonchev–Trinajstić information content (AvgIpc) is 2.20. The quantitative estimate of drug-likeness (QED) is 0.575. The summed E-state index contributed by atoms with van der Waals surface area (Å²) in [5.41, 5.74) is 3.59. The van der Waals surface area contributed by atoms with E-state index in [-0.39, 0.29) is 5.92 Å². The number of rotatable bonds is 5. The van der Waals surface area contributed by atoms with E-state index in [4.69, 9.17) is 4.84 Å². The molecule has 0 bridgehead atoms. The van der Waals surface area contributed by atoms with Crippen molar-refractivity contribution >= 4 is 12.0 Å². The van der Waals surface area contributed by atoms with Crippen LogP contribution in [0.5, 0.6) is 0 Å². The molecule has 0 spiro atoms. The summed E-state index contributed by atoms with van der Waals surface area (Å²) in [7, 11) is 0. The third-order valence-electron chi connectivity index (χ3n) is 1.88. The first kappa shape index (κ1) is 10.7. The van der Waals surface area contributed by atoms with Crippen LogP contribution in [0.2, 0.25) is 0 Å². The van der Waals surface area contributed by atoms with E-state index in [1.807, 2.05) is 44.2 Å². The predicted molar refractivity (Wildman–Crippen MR) is 55.8 cm³/mol. The summed E-state index contributed by atoms with van der Waals surface area (Å²) < 4.78 is 0. The smallest absolute Gasteiger partial charge is 0.151 e. The molecule has 1 atom stereocenters. The molecule has 0 saturated heterocycles. The van der Waals surface area contributed by atoms with Gasteiger partial charge in [-0.2, -0.15) is 0 Å². The highest BCUT2D eigenvalue weighted by Gasteiger charge is 2.12. The standard InChI is InChI=1S/C11H15NO2/c1-9(2)11(8-13)14-12-10-6-4-3-5-7-10/h3-9,11-12H,1-2H3/t11-/m1/s1. The summed E-state index contributed by atoms with van der Waals surface area (Å²) in [5.74, 6) is 0.170. The van der Waals surface area contributed by atoms with E-state index in [2.05, 4.69) is 5.48 Å². The van der Waals surface area contributed by atoms with Crippen LogP contribution in [0.4, 0.5) is 5.69 Å². The zero-order chi connectivity index (χ0) is 10.4. The lowest BCUT2D eigenvalue weighted by atomic mass is 10.1. The molecule has 1 aromatic rings. The number of hydrogen-bond acceptors (Lipinski definition) is 3. The van der Waals surface area contributed by atoms with Crippen molar-refractivity contribution in [3.8, 4) is 0 Å². The topological polar surface area (TPSA) is 38.3 Å². The summed E-state index contributed by atoms with van der Waals surface area (Å²) >= 11 is 0. The molecule has 0 fully saturated rings. The number of para-hydroxylation sites is 1. The van der Waals surface area contributed by atoms with E-state index in [9.17, 15) is 4.79 Å². The summed E-state index contributed by atoms with van der Waals surface area (Å²) in [5, 5.41) is 0. The lowest BCUT2D eigenvalue weighted by Crippen LogP contribution is -2.24. The molecule has 14 heavy (non-hydrogen) atoms. The second-order valence-electron chi connectivity index (χ2n) is 3.43. The van der Waals surface area contributed by atoms with Gasteiger partial charge in [0.2, 0.25) is 0 Å². The SMILES string of the molecule is CC(C)[C@@H](C=O)ONc1ccccc1. The fourth-order valence-electron chi connectivity index (χ4n) is 0.963. The highest BCUT2D eigenvalue weighted by Crippen LogP contribution is 2.08. The molecule has 3 nitrogen and oxygen atoms in total. The fraction of sp³-hybridized carbons (Fsp3) is 0.364. The van der Waals surface area contributed by atoms with E-state index in [1.165, 1.54) is 0 Å². The Hall–Kier alpha value is -1.35. The van der Waals surface area contributed by atoms with Crippen molar-refractivity contribution < 1.29 is 9.63 Å². The molecule has 76 valence electrons. The Balaban J connectivity index is 2.43. The molecule has 0 aliphatic heterocycles. The van der Waals surface area contributed by atoms with E-state index >= 15 is 0 Å². The lowest BCUT2D eigenvalue weighted by molar-refractivity contribution is -0.118. The highest BCUT2D eigenvalue weighted by molar-refractivity contribution is 5.56. The molecule has 1 N–H and O–H groups in total. The van der Waals surface area contributed by atoms with Crippen molar-refractivity contribution in [3.05, 3.63) is 30.3 Å². The summed E-state index contributed by atoms with van der Waals surface area (Å²) in [6, 6.07) is 9.48. The van der Waals surface area contributed by atoms with Gasteiger partial charge in [-0.1, -0.05) is 32.0 Å². The average molecular weight is 193 g/mol. The molecule has 0 heterocycles. The van der Waals surface area contributed by atoms with Crippen LogP contribution < -0.4 is 5.48 Å². The number of benzene rings is 1. The van der Waals surface area contributed by atoms with Crippen LogP contribution in [-0.2, 0) is 9.63 Å². The third kappa shape index (κ3) is 3.18. The summed E-state index contributed by atoms with van der Waals surface area (Å²) in [6.07, 6.45) is 0.399. The number of hydrogen-bond donors (Lipinski definition) is 1. The molecule has 0 aliphatic rings. The first-order valence-corrected chi connectivity index (χ1v) is 4.66. The van der Waals surface area contributed by atoms with E-state index < -0.39 is 6.10 Å². The van der Waals surface area contributed by atoms with Gasteiger partial charge in [-0.05, 0) is 18.1 Å². The van der Waals surface area contributed by atoms with E-state index in [0.717, 1.165) is 12.0 Å². The molecule has 1 rings (SSSR count). The molecule has 0 radical (unpaired) electrons. The zero-order valence-electron chi connectivity index (χ0n) is 8.44. The van der Waals surface area contributed by atoms with Crippen molar-refractivity contribution in [2.24, 2.45) is 5.92 Å². The van der Waals surface area contributed by atoms with Crippen LogP contribution in [-0.4, -0.2) is 12.4 Å². The Kier molecular flexibility index (Phi) is 4.13. The molecule has 3 heteroatoms. The predicted octanol–water partition coefficient (Wildman–Crippen LogP) is 2.25. The van der Waals surface area contributed by atoms with Gasteiger partial charge in [0.05, 0.1) is 5.69 Å². The maximum Gasteiger partial charge on any atom is 0.151 e. The third-order valence-corrected chi connectivity index (χ3v) is 1.88. The van der Waals surface area contributed by atoms with Gasteiger partial charge in [-0.15, -0.1) is 0 Å². The van der Waals surface area contributed by atoms with E-state index in [0.29, 0.717) is 0 Å². The first-order chi connectivity index (χ1) is 6.74. The molecular formula is C11H15NO2. The molecule has 0 amide bonds. The van der Waals surface area contributed by atoms with Crippen molar-refractivity contribution in [1.29, 1.82) is 0 Å². The van der Waals surface area contributed by atoms with Crippen LogP contribution in [0.15, 0.2) is 30.3 Å². The second kappa shape index (κ2) is 5.40. The Morgan fingerprint density at radius 1 is 1.29 bits per heavy atom. The Bertz CT molecular complexity index is 272. The highest BCUT2D eigenvalue weighted by atomic mass is 16.7. The van der Waals surface area contributed by atoms with Crippen molar-refractivity contribution in [2.75, 3.05) is 5.48 Å². The Labute approximate surface area is 84.0 Å². The van der Waals surface area contributed by atoms with Crippen molar-refractivity contribution in [1.82, 2.24) is 0 Å².